The lowest BCUT2D eigenvalue weighted by molar-refractivity contribution is -0.123. The average molecular weight is 316 g/mol. The van der Waals surface area contributed by atoms with Crippen LogP contribution in [0.2, 0.25) is 0 Å². The van der Waals surface area contributed by atoms with E-state index in [9.17, 15) is 9.59 Å². The maximum absolute atomic E-state index is 12.2. The monoisotopic (exact) mass is 316 g/mol. The predicted molar refractivity (Wildman–Crippen MR) is 90.4 cm³/mol. The molecule has 0 aliphatic rings. The number of carbonyl (C=O) groups is 1. The highest BCUT2D eigenvalue weighted by Gasteiger charge is 2.15. The molecule has 0 atom stereocenters. The number of likely N-dealkylation sites (N-methyl/N-ethyl adjacent to an activating group) is 1. The van der Waals surface area contributed by atoms with Gasteiger partial charge in [-0.1, -0.05) is 6.07 Å². The van der Waals surface area contributed by atoms with Crippen molar-refractivity contribution in [3.8, 4) is 0 Å². The summed E-state index contributed by atoms with van der Waals surface area (Å²) in [5.74, 6) is -0.0480. The van der Waals surface area contributed by atoms with E-state index in [4.69, 9.17) is 0 Å². The Balaban J connectivity index is 2.11. The maximum atomic E-state index is 12.2. The molecule has 1 amide bonds. The van der Waals surface area contributed by atoms with Crippen LogP contribution in [0, 0.1) is 6.92 Å². The molecule has 0 spiro atoms. The van der Waals surface area contributed by atoms with Crippen molar-refractivity contribution in [2.75, 3.05) is 13.6 Å². The van der Waals surface area contributed by atoms with E-state index in [0.29, 0.717) is 17.9 Å². The quantitative estimate of drug-likeness (QED) is 0.924. The summed E-state index contributed by atoms with van der Waals surface area (Å²) in [6, 6.07) is 5.27. The Labute approximate surface area is 136 Å². The van der Waals surface area contributed by atoms with Crippen LogP contribution in [0.1, 0.15) is 32.0 Å². The molecule has 2 aromatic rings. The molecule has 1 N–H and O–H groups in total. The number of carbonyl (C=O) groups excluding carboxylic acids is 1. The highest BCUT2D eigenvalue weighted by atomic mass is 16.2. The molecule has 0 aromatic carbocycles. The number of pyridine rings is 1. The zero-order chi connectivity index (χ0) is 17.2. The van der Waals surface area contributed by atoms with Gasteiger partial charge in [-0.15, -0.1) is 0 Å². The van der Waals surface area contributed by atoms with Crippen molar-refractivity contribution in [2.24, 2.45) is 0 Å². The predicted octanol–water partition coefficient (Wildman–Crippen LogP) is 1.35. The normalized spacial score (nSPS) is 11.9. The Bertz CT molecular complexity index is 774. The first kappa shape index (κ1) is 17.1. The van der Waals surface area contributed by atoms with Gasteiger partial charge < -0.3 is 5.32 Å². The first-order valence-electron chi connectivity index (χ1n) is 7.62. The summed E-state index contributed by atoms with van der Waals surface area (Å²) in [5.41, 5.74) is 1.91. The van der Waals surface area contributed by atoms with Gasteiger partial charge in [0.25, 0.3) is 5.56 Å². The molecule has 0 unspecified atom stereocenters. The highest BCUT2D eigenvalue weighted by molar-refractivity contribution is 5.78. The molecule has 6 heteroatoms. The van der Waals surface area contributed by atoms with Crippen molar-refractivity contribution in [1.29, 1.82) is 0 Å². The van der Waals surface area contributed by atoms with Crippen LogP contribution in [0.4, 0.5) is 0 Å². The first-order valence-corrected chi connectivity index (χ1v) is 7.62. The standard InChI is InChI=1S/C17H24N4O2/c1-12-6-7-14-18-13(8-16(23)21(14)9-12)10-20(5)11-15(22)19-17(2,3)4/h6-9H,10-11H2,1-5H3,(H,19,22). The molecule has 6 nitrogen and oxygen atoms in total. The van der Waals surface area contributed by atoms with Crippen LogP contribution in [0.25, 0.3) is 5.65 Å². The molecule has 0 fully saturated rings. The van der Waals surface area contributed by atoms with E-state index in [1.807, 2.05) is 51.8 Å². The fourth-order valence-corrected chi connectivity index (χ4v) is 2.37. The van der Waals surface area contributed by atoms with Crippen LogP contribution in [0.15, 0.2) is 29.2 Å². The Kier molecular flexibility index (Phi) is 4.85. The number of aryl methyl sites for hydroxylation is 1. The second-order valence-electron chi connectivity index (χ2n) is 6.99. The number of nitrogens with zero attached hydrogens (tertiary/aromatic N) is 3. The van der Waals surface area contributed by atoms with E-state index in [0.717, 1.165) is 5.56 Å². The van der Waals surface area contributed by atoms with Gasteiger partial charge in [-0.3, -0.25) is 18.9 Å². The van der Waals surface area contributed by atoms with Crippen LogP contribution in [0.3, 0.4) is 0 Å². The molecule has 0 bridgehead atoms. The molecule has 0 aliphatic heterocycles. The average Bonchev–Trinajstić information content (AvgIpc) is 2.37. The van der Waals surface area contributed by atoms with Crippen molar-refractivity contribution in [3.05, 3.63) is 46.0 Å². The number of nitrogens with one attached hydrogen (secondary N) is 1. The van der Waals surface area contributed by atoms with Crippen LogP contribution < -0.4 is 10.9 Å². The number of rotatable bonds is 4. The molecular formula is C17H24N4O2. The summed E-state index contributed by atoms with van der Waals surface area (Å²) in [6.45, 7) is 8.46. The Hall–Kier alpha value is -2.21. The van der Waals surface area contributed by atoms with Crippen molar-refractivity contribution in [3.63, 3.8) is 0 Å². The smallest absolute Gasteiger partial charge is 0.258 e. The van der Waals surface area contributed by atoms with Gasteiger partial charge in [0.1, 0.15) is 5.65 Å². The summed E-state index contributed by atoms with van der Waals surface area (Å²) in [4.78, 5) is 30.4. The van der Waals surface area contributed by atoms with E-state index in [2.05, 4.69) is 10.3 Å². The fraction of sp³-hybridized carbons (Fsp3) is 0.471. The largest absolute Gasteiger partial charge is 0.350 e. The molecule has 23 heavy (non-hydrogen) atoms. The van der Waals surface area contributed by atoms with Crippen molar-refractivity contribution < 1.29 is 4.79 Å². The minimum absolute atomic E-state index is 0.0480. The first-order chi connectivity index (χ1) is 10.6. The summed E-state index contributed by atoms with van der Waals surface area (Å²) in [7, 11) is 1.83. The Morgan fingerprint density at radius 1 is 1.35 bits per heavy atom. The number of hydrogen-bond donors (Lipinski definition) is 1. The molecule has 2 rings (SSSR count). The van der Waals surface area contributed by atoms with E-state index >= 15 is 0 Å². The van der Waals surface area contributed by atoms with Crippen molar-refractivity contribution >= 4 is 11.6 Å². The van der Waals surface area contributed by atoms with Gasteiger partial charge in [-0.05, 0) is 46.4 Å². The van der Waals surface area contributed by atoms with Crippen LogP contribution in [0.5, 0.6) is 0 Å². The molecule has 0 aliphatic carbocycles. The second-order valence-corrected chi connectivity index (χ2v) is 6.99. The van der Waals surface area contributed by atoms with Gasteiger partial charge in [-0.2, -0.15) is 0 Å². The van der Waals surface area contributed by atoms with Gasteiger partial charge in [-0.25, -0.2) is 4.98 Å². The Morgan fingerprint density at radius 2 is 2.04 bits per heavy atom. The third-order valence-electron chi connectivity index (χ3n) is 3.22. The molecule has 124 valence electrons. The topological polar surface area (TPSA) is 66.7 Å². The zero-order valence-corrected chi connectivity index (χ0v) is 14.4. The molecule has 0 radical (unpaired) electrons. The van der Waals surface area contributed by atoms with Gasteiger partial charge in [0.2, 0.25) is 5.91 Å². The second kappa shape index (κ2) is 6.50. The minimum Gasteiger partial charge on any atom is -0.350 e. The van der Waals surface area contributed by atoms with E-state index < -0.39 is 0 Å². The van der Waals surface area contributed by atoms with Gasteiger partial charge in [0, 0.05) is 24.3 Å². The lowest BCUT2D eigenvalue weighted by Crippen LogP contribution is -2.45. The number of fused-ring (bicyclic) bond motifs is 1. The third-order valence-corrected chi connectivity index (χ3v) is 3.22. The molecule has 0 saturated heterocycles. The van der Waals surface area contributed by atoms with E-state index in [1.54, 1.807) is 6.20 Å². The summed E-state index contributed by atoms with van der Waals surface area (Å²) in [5, 5.41) is 2.92. The summed E-state index contributed by atoms with van der Waals surface area (Å²) < 4.78 is 1.53. The SMILES string of the molecule is Cc1ccc2nc(CN(C)CC(=O)NC(C)(C)C)cc(=O)n2c1. The van der Waals surface area contributed by atoms with Crippen LogP contribution in [-0.2, 0) is 11.3 Å². The fourth-order valence-electron chi connectivity index (χ4n) is 2.37. The summed E-state index contributed by atoms with van der Waals surface area (Å²) >= 11 is 0. The van der Waals surface area contributed by atoms with Gasteiger partial charge in [0.15, 0.2) is 0 Å². The third kappa shape index (κ3) is 4.89. The molecule has 2 heterocycles. The molecular weight excluding hydrogens is 292 g/mol. The number of hydrogen-bond acceptors (Lipinski definition) is 4. The van der Waals surface area contributed by atoms with Crippen LogP contribution in [-0.4, -0.2) is 39.3 Å². The number of aromatic nitrogens is 2. The van der Waals surface area contributed by atoms with E-state index in [-0.39, 0.29) is 23.6 Å². The van der Waals surface area contributed by atoms with E-state index in [1.165, 1.54) is 10.5 Å². The minimum atomic E-state index is -0.254. The molecule has 2 aromatic heterocycles. The lowest BCUT2D eigenvalue weighted by atomic mass is 10.1. The van der Waals surface area contributed by atoms with Gasteiger partial charge in [0.05, 0.1) is 12.2 Å². The zero-order valence-electron chi connectivity index (χ0n) is 14.4. The number of amides is 1. The molecule has 0 saturated carbocycles. The van der Waals surface area contributed by atoms with Crippen molar-refractivity contribution in [1.82, 2.24) is 19.6 Å². The highest BCUT2D eigenvalue weighted by Crippen LogP contribution is 2.04. The van der Waals surface area contributed by atoms with Crippen molar-refractivity contribution in [2.45, 2.75) is 39.8 Å². The lowest BCUT2D eigenvalue weighted by Gasteiger charge is -2.23. The maximum Gasteiger partial charge on any atom is 0.258 e. The van der Waals surface area contributed by atoms with Gasteiger partial charge >= 0.3 is 0 Å². The summed E-state index contributed by atoms with van der Waals surface area (Å²) in [6.07, 6.45) is 1.77. The van der Waals surface area contributed by atoms with Crippen LogP contribution >= 0.6 is 0 Å². The Morgan fingerprint density at radius 3 is 2.70 bits per heavy atom.